The largest absolute Gasteiger partial charge is 0.399 e. The second-order valence-corrected chi connectivity index (χ2v) is 5.23. The first kappa shape index (κ1) is 15.0. The number of benzene rings is 1. The zero-order chi connectivity index (χ0) is 13.5. The lowest BCUT2D eigenvalue weighted by Gasteiger charge is -2.26. The van der Waals surface area contributed by atoms with Gasteiger partial charge in [-0.3, -0.25) is 4.90 Å². The molecule has 0 aliphatic carbocycles. The van der Waals surface area contributed by atoms with Gasteiger partial charge in [0.15, 0.2) is 0 Å². The van der Waals surface area contributed by atoms with Gasteiger partial charge >= 0.3 is 0 Å². The molecule has 0 amide bonds. The minimum absolute atomic E-state index is 0.301. The molecule has 102 valence electrons. The van der Waals surface area contributed by atoms with Crippen molar-refractivity contribution in [3.8, 4) is 0 Å². The van der Waals surface area contributed by atoms with Crippen LogP contribution < -0.4 is 5.73 Å². The summed E-state index contributed by atoms with van der Waals surface area (Å²) in [7, 11) is 0. The van der Waals surface area contributed by atoms with Crippen LogP contribution in [-0.4, -0.2) is 30.2 Å². The topological polar surface area (TPSA) is 38.5 Å². The zero-order valence-electron chi connectivity index (χ0n) is 12.0. The average molecular weight is 250 g/mol. The normalized spacial score (nSPS) is 11.7. The number of hydrogen-bond donors (Lipinski definition) is 1. The fraction of sp³-hybridized carbons (Fsp3) is 0.600. The Balaban J connectivity index is 2.49. The molecule has 1 aromatic rings. The summed E-state index contributed by atoms with van der Waals surface area (Å²) in [5.74, 6) is 0. The SMILES string of the molecule is CC(C)OCCN(Cc1ccc(N)cc1)C(C)C. The molecule has 0 aliphatic rings. The maximum atomic E-state index is 5.70. The summed E-state index contributed by atoms with van der Waals surface area (Å²) in [5.41, 5.74) is 7.81. The fourth-order valence-electron chi connectivity index (χ4n) is 1.78. The first-order chi connectivity index (χ1) is 8.49. The smallest absolute Gasteiger partial charge is 0.0597 e. The van der Waals surface area contributed by atoms with Crippen LogP contribution in [0.4, 0.5) is 5.69 Å². The zero-order valence-corrected chi connectivity index (χ0v) is 12.0. The van der Waals surface area contributed by atoms with Crippen molar-refractivity contribution < 1.29 is 4.74 Å². The van der Waals surface area contributed by atoms with Gasteiger partial charge in [-0.25, -0.2) is 0 Å². The number of anilines is 1. The molecule has 3 nitrogen and oxygen atoms in total. The van der Waals surface area contributed by atoms with Gasteiger partial charge in [0.05, 0.1) is 12.7 Å². The molecular weight excluding hydrogens is 224 g/mol. The van der Waals surface area contributed by atoms with Crippen LogP contribution in [0, 0.1) is 0 Å². The molecule has 0 heterocycles. The number of ether oxygens (including phenoxy) is 1. The predicted molar refractivity (Wildman–Crippen MR) is 77.5 cm³/mol. The van der Waals surface area contributed by atoms with E-state index >= 15 is 0 Å². The summed E-state index contributed by atoms with van der Waals surface area (Å²) >= 11 is 0. The summed E-state index contributed by atoms with van der Waals surface area (Å²) in [6.45, 7) is 11.3. The minimum atomic E-state index is 0.301. The Morgan fingerprint density at radius 1 is 1.11 bits per heavy atom. The van der Waals surface area contributed by atoms with Gasteiger partial charge in [-0.15, -0.1) is 0 Å². The lowest BCUT2D eigenvalue weighted by atomic mass is 10.1. The number of rotatable bonds is 7. The Kier molecular flexibility index (Phi) is 6.16. The molecule has 0 saturated heterocycles. The van der Waals surface area contributed by atoms with Crippen molar-refractivity contribution in [3.05, 3.63) is 29.8 Å². The number of nitrogens with zero attached hydrogens (tertiary/aromatic N) is 1. The van der Waals surface area contributed by atoms with E-state index in [0.29, 0.717) is 12.1 Å². The van der Waals surface area contributed by atoms with Crippen molar-refractivity contribution in [1.29, 1.82) is 0 Å². The highest BCUT2D eigenvalue weighted by molar-refractivity contribution is 5.39. The summed E-state index contributed by atoms with van der Waals surface area (Å²) in [4.78, 5) is 2.41. The van der Waals surface area contributed by atoms with E-state index in [-0.39, 0.29) is 0 Å². The van der Waals surface area contributed by atoms with Crippen molar-refractivity contribution >= 4 is 5.69 Å². The molecule has 0 atom stereocenters. The number of nitrogen functional groups attached to an aromatic ring is 1. The van der Waals surface area contributed by atoms with Crippen molar-refractivity contribution in [2.75, 3.05) is 18.9 Å². The Morgan fingerprint density at radius 2 is 1.72 bits per heavy atom. The molecule has 1 rings (SSSR count). The minimum Gasteiger partial charge on any atom is -0.399 e. The summed E-state index contributed by atoms with van der Waals surface area (Å²) in [6, 6.07) is 8.61. The molecule has 0 unspecified atom stereocenters. The van der Waals surface area contributed by atoms with Crippen molar-refractivity contribution in [3.63, 3.8) is 0 Å². The highest BCUT2D eigenvalue weighted by Gasteiger charge is 2.10. The van der Waals surface area contributed by atoms with Crippen molar-refractivity contribution in [2.45, 2.75) is 46.4 Å². The molecule has 0 aromatic heterocycles. The van der Waals surface area contributed by atoms with Gasteiger partial charge in [0.1, 0.15) is 0 Å². The van der Waals surface area contributed by atoms with Crippen molar-refractivity contribution in [2.24, 2.45) is 0 Å². The van der Waals surface area contributed by atoms with Gasteiger partial charge < -0.3 is 10.5 Å². The maximum absolute atomic E-state index is 5.70. The van der Waals surface area contributed by atoms with E-state index in [9.17, 15) is 0 Å². The van der Waals surface area contributed by atoms with Crippen LogP contribution >= 0.6 is 0 Å². The highest BCUT2D eigenvalue weighted by Crippen LogP contribution is 2.10. The monoisotopic (exact) mass is 250 g/mol. The van der Waals surface area contributed by atoms with Gasteiger partial charge in [-0.2, -0.15) is 0 Å². The molecule has 0 bridgehead atoms. The van der Waals surface area contributed by atoms with E-state index in [0.717, 1.165) is 25.4 Å². The lowest BCUT2D eigenvalue weighted by Crippen LogP contribution is -2.33. The third-order valence-electron chi connectivity index (χ3n) is 2.93. The highest BCUT2D eigenvalue weighted by atomic mass is 16.5. The fourth-order valence-corrected chi connectivity index (χ4v) is 1.78. The van der Waals surface area contributed by atoms with Crippen molar-refractivity contribution in [1.82, 2.24) is 4.90 Å². The summed E-state index contributed by atoms with van der Waals surface area (Å²) < 4.78 is 5.62. The Labute approximate surface area is 111 Å². The van der Waals surface area contributed by atoms with Gasteiger partial charge in [0.25, 0.3) is 0 Å². The third kappa shape index (κ3) is 5.52. The molecule has 0 saturated carbocycles. The Bertz CT molecular complexity index is 333. The quantitative estimate of drug-likeness (QED) is 0.756. The molecule has 0 aliphatic heterocycles. The number of nitrogens with two attached hydrogens (primary N) is 1. The van der Waals surface area contributed by atoms with E-state index in [1.165, 1.54) is 5.56 Å². The van der Waals surface area contributed by atoms with E-state index in [1.54, 1.807) is 0 Å². The van der Waals surface area contributed by atoms with Crippen LogP contribution in [0.1, 0.15) is 33.3 Å². The van der Waals surface area contributed by atoms with E-state index in [2.05, 4.69) is 44.7 Å². The van der Waals surface area contributed by atoms with E-state index in [4.69, 9.17) is 10.5 Å². The molecule has 0 spiro atoms. The standard InChI is InChI=1S/C15H26N2O/c1-12(2)17(9-10-18-13(3)4)11-14-5-7-15(16)8-6-14/h5-8,12-13H,9-11,16H2,1-4H3. The van der Waals surface area contributed by atoms with Gasteiger partial charge in [0.2, 0.25) is 0 Å². The molecule has 18 heavy (non-hydrogen) atoms. The van der Waals surface area contributed by atoms with Gasteiger partial charge in [0, 0.05) is 24.8 Å². The van der Waals surface area contributed by atoms with Crippen LogP contribution in [0.15, 0.2) is 24.3 Å². The average Bonchev–Trinajstić information content (AvgIpc) is 2.30. The molecular formula is C15H26N2O. The van der Waals surface area contributed by atoms with Crippen LogP contribution in [0.25, 0.3) is 0 Å². The van der Waals surface area contributed by atoms with Gasteiger partial charge in [-0.05, 0) is 45.4 Å². The maximum Gasteiger partial charge on any atom is 0.0597 e. The van der Waals surface area contributed by atoms with Crippen LogP contribution in [0.5, 0.6) is 0 Å². The van der Waals surface area contributed by atoms with Crippen LogP contribution in [-0.2, 0) is 11.3 Å². The molecule has 2 N–H and O–H groups in total. The lowest BCUT2D eigenvalue weighted by molar-refractivity contribution is 0.0502. The Morgan fingerprint density at radius 3 is 2.22 bits per heavy atom. The Hall–Kier alpha value is -1.06. The van der Waals surface area contributed by atoms with Gasteiger partial charge in [-0.1, -0.05) is 12.1 Å². The first-order valence-electron chi connectivity index (χ1n) is 6.69. The molecule has 3 heteroatoms. The number of hydrogen-bond acceptors (Lipinski definition) is 3. The van der Waals surface area contributed by atoms with E-state index in [1.807, 2.05) is 12.1 Å². The van der Waals surface area contributed by atoms with Crippen LogP contribution in [0.2, 0.25) is 0 Å². The molecule has 0 fully saturated rings. The second kappa shape index (κ2) is 7.39. The summed E-state index contributed by atoms with van der Waals surface area (Å²) in [5, 5.41) is 0. The van der Waals surface area contributed by atoms with Crippen LogP contribution in [0.3, 0.4) is 0 Å². The molecule has 1 aromatic carbocycles. The second-order valence-electron chi connectivity index (χ2n) is 5.23. The molecule has 0 radical (unpaired) electrons. The first-order valence-corrected chi connectivity index (χ1v) is 6.69. The summed E-state index contributed by atoms with van der Waals surface area (Å²) in [6.07, 6.45) is 0.301. The predicted octanol–water partition coefficient (Wildman–Crippen LogP) is 2.90. The third-order valence-corrected chi connectivity index (χ3v) is 2.93. The van der Waals surface area contributed by atoms with E-state index < -0.39 is 0 Å².